The zero-order valence-corrected chi connectivity index (χ0v) is 22.3. The molecule has 0 bridgehead atoms. The number of aliphatic imine (C=N–C) groups is 1. The van der Waals surface area contributed by atoms with E-state index in [1.54, 1.807) is 32.9 Å². The van der Waals surface area contributed by atoms with Crippen LogP contribution in [0.15, 0.2) is 52.4 Å². The van der Waals surface area contributed by atoms with E-state index in [1.807, 2.05) is 18.2 Å². The lowest BCUT2D eigenvalue weighted by atomic mass is 10.1. The standard InChI is InChI=1S/C26H33N5O5S/c1-26(2,3)36-23(32)17-30(4)37(34,35)19-8-5-7-18(15-19)28-16-20-24-21(29-25(20)33)9-6-10-22(24)31-13-11-27-12-14-31/h5-10,15-16,27,29,33H,11-14,17H2,1-4H3. The number of benzene rings is 2. The highest BCUT2D eigenvalue weighted by Gasteiger charge is 2.26. The van der Waals surface area contributed by atoms with Gasteiger partial charge in [-0.3, -0.25) is 9.79 Å². The van der Waals surface area contributed by atoms with Crippen molar-refractivity contribution in [2.45, 2.75) is 31.3 Å². The van der Waals surface area contributed by atoms with E-state index in [0.717, 1.165) is 47.1 Å². The van der Waals surface area contributed by atoms with Gasteiger partial charge in [-0.1, -0.05) is 12.1 Å². The van der Waals surface area contributed by atoms with E-state index in [0.29, 0.717) is 11.3 Å². The molecule has 11 heteroatoms. The van der Waals surface area contributed by atoms with E-state index >= 15 is 0 Å². The number of carbonyl (C=O) groups excluding carboxylic acids is 1. The lowest BCUT2D eigenvalue weighted by Crippen LogP contribution is -2.43. The highest BCUT2D eigenvalue weighted by atomic mass is 32.2. The quantitative estimate of drug-likeness (QED) is 0.318. The Morgan fingerprint density at radius 3 is 2.59 bits per heavy atom. The number of anilines is 1. The molecule has 0 atom stereocenters. The van der Waals surface area contributed by atoms with Crippen LogP contribution < -0.4 is 10.2 Å². The first kappa shape index (κ1) is 26.6. The number of likely N-dealkylation sites (N-methyl/N-ethyl adjacent to an activating group) is 1. The molecule has 1 fully saturated rings. The van der Waals surface area contributed by atoms with Gasteiger partial charge in [-0.05, 0) is 51.1 Å². The van der Waals surface area contributed by atoms with Crippen molar-refractivity contribution in [1.29, 1.82) is 0 Å². The van der Waals surface area contributed by atoms with Crippen molar-refractivity contribution in [1.82, 2.24) is 14.6 Å². The molecular formula is C26H33N5O5S. The first-order valence-electron chi connectivity index (χ1n) is 12.1. The molecule has 0 amide bonds. The maximum Gasteiger partial charge on any atom is 0.321 e. The van der Waals surface area contributed by atoms with Crippen LogP contribution >= 0.6 is 0 Å². The molecule has 0 unspecified atom stereocenters. The first-order chi connectivity index (χ1) is 17.5. The molecule has 3 aromatic rings. The van der Waals surface area contributed by atoms with Gasteiger partial charge in [0.25, 0.3) is 0 Å². The summed E-state index contributed by atoms with van der Waals surface area (Å²) in [7, 11) is -2.63. The molecule has 2 heterocycles. The third-order valence-electron chi connectivity index (χ3n) is 5.92. The molecule has 1 aliphatic heterocycles. The van der Waals surface area contributed by atoms with Crippen molar-refractivity contribution >= 4 is 44.5 Å². The molecule has 3 N–H and O–H groups in total. The van der Waals surface area contributed by atoms with Crippen molar-refractivity contribution in [2.75, 3.05) is 44.7 Å². The fourth-order valence-electron chi connectivity index (χ4n) is 4.22. The van der Waals surface area contributed by atoms with Gasteiger partial charge < -0.3 is 25.0 Å². The molecule has 4 rings (SSSR count). The predicted molar refractivity (Wildman–Crippen MR) is 144 cm³/mol. The van der Waals surface area contributed by atoms with E-state index in [-0.39, 0.29) is 10.8 Å². The van der Waals surface area contributed by atoms with Gasteiger partial charge in [-0.2, -0.15) is 4.31 Å². The second-order valence-electron chi connectivity index (χ2n) is 9.93. The Balaban J connectivity index is 1.60. The minimum Gasteiger partial charge on any atom is -0.494 e. The van der Waals surface area contributed by atoms with Gasteiger partial charge in [0.15, 0.2) is 5.88 Å². The molecule has 1 aromatic heterocycles. The maximum atomic E-state index is 13.1. The van der Waals surface area contributed by atoms with Crippen LogP contribution in [-0.2, 0) is 19.6 Å². The van der Waals surface area contributed by atoms with Crippen LogP contribution in [0.5, 0.6) is 5.88 Å². The average Bonchev–Trinajstić information content (AvgIpc) is 3.17. The fraction of sp³-hybridized carbons (Fsp3) is 0.385. The summed E-state index contributed by atoms with van der Waals surface area (Å²) in [4.78, 5) is 21.9. The van der Waals surface area contributed by atoms with Gasteiger partial charge >= 0.3 is 5.97 Å². The van der Waals surface area contributed by atoms with E-state index in [9.17, 15) is 18.3 Å². The number of carbonyl (C=O) groups is 1. The number of piperazine rings is 1. The lowest BCUT2D eigenvalue weighted by molar-refractivity contribution is -0.154. The van der Waals surface area contributed by atoms with Crippen LogP contribution in [0.4, 0.5) is 11.4 Å². The number of aromatic amines is 1. The maximum absolute atomic E-state index is 13.1. The van der Waals surface area contributed by atoms with Gasteiger partial charge in [0, 0.05) is 50.5 Å². The average molecular weight is 528 g/mol. The van der Waals surface area contributed by atoms with Crippen molar-refractivity contribution in [3.05, 3.63) is 48.0 Å². The van der Waals surface area contributed by atoms with Crippen molar-refractivity contribution in [3.63, 3.8) is 0 Å². The topological polar surface area (TPSA) is 127 Å². The number of hydrogen-bond donors (Lipinski definition) is 3. The summed E-state index contributed by atoms with van der Waals surface area (Å²) in [5.41, 5.74) is 1.99. The van der Waals surface area contributed by atoms with Gasteiger partial charge in [0.1, 0.15) is 12.1 Å². The number of rotatable bonds is 7. The summed E-state index contributed by atoms with van der Waals surface area (Å²) in [6, 6.07) is 12.0. The fourth-order valence-corrected chi connectivity index (χ4v) is 5.37. The molecule has 0 aliphatic carbocycles. The van der Waals surface area contributed by atoms with Crippen LogP contribution in [0.1, 0.15) is 26.3 Å². The van der Waals surface area contributed by atoms with Crippen LogP contribution in [0.25, 0.3) is 10.9 Å². The molecule has 0 radical (unpaired) electrons. The Bertz CT molecular complexity index is 1420. The normalized spacial score (nSPS) is 15.1. The third-order valence-corrected chi connectivity index (χ3v) is 7.72. The summed E-state index contributed by atoms with van der Waals surface area (Å²) >= 11 is 0. The van der Waals surface area contributed by atoms with Gasteiger partial charge in [-0.15, -0.1) is 0 Å². The van der Waals surface area contributed by atoms with E-state index in [1.165, 1.54) is 25.4 Å². The number of esters is 1. The summed E-state index contributed by atoms with van der Waals surface area (Å²) in [5.74, 6) is -0.648. The number of aromatic nitrogens is 1. The van der Waals surface area contributed by atoms with Crippen LogP contribution in [0, 0.1) is 0 Å². The highest BCUT2D eigenvalue weighted by molar-refractivity contribution is 7.89. The summed E-state index contributed by atoms with van der Waals surface area (Å²) in [6.45, 7) is 8.19. The summed E-state index contributed by atoms with van der Waals surface area (Å²) < 4.78 is 32.3. The number of aromatic hydroxyl groups is 1. The number of H-pyrrole nitrogens is 1. The molecule has 10 nitrogen and oxygen atoms in total. The van der Waals surface area contributed by atoms with Gasteiger partial charge in [0.05, 0.1) is 21.7 Å². The Hall–Kier alpha value is -3.41. The number of fused-ring (bicyclic) bond motifs is 1. The third kappa shape index (κ3) is 6.12. The number of nitrogens with zero attached hydrogens (tertiary/aromatic N) is 3. The lowest BCUT2D eigenvalue weighted by Gasteiger charge is -2.30. The Labute approximate surface area is 217 Å². The number of sulfonamides is 1. The zero-order valence-electron chi connectivity index (χ0n) is 21.5. The molecule has 1 aliphatic rings. The highest BCUT2D eigenvalue weighted by Crippen LogP contribution is 2.34. The minimum absolute atomic E-state index is 0.00198. The largest absolute Gasteiger partial charge is 0.494 e. The molecule has 1 saturated heterocycles. The van der Waals surface area contributed by atoms with Gasteiger partial charge in [-0.25, -0.2) is 8.42 Å². The molecule has 37 heavy (non-hydrogen) atoms. The van der Waals surface area contributed by atoms with E-state index in [2.05, 4.69) is 20.2 Å². The SMILES string of the molecule is CN(CC(=O)OC(C)(C)C)S(=O)(=O)c1cccc(N=Cc2c(O)[nH]c3cccc(N4CCNCC4)c23)c1. The molecular weight excluding hydrogens is 494 g/mol. The molecule has 0 spiro atoms. The Morgan fingerprint density at radius 2 is 1.89 bits per heavy atom. The first-order valence-corrected chi connectivity index (χ1v) is 13.5. The zero-order chi connectivity index (χ0) is 26.8. The second-order valence-corrected chi connectivity index (χ2v) is 12.0. The number of ether oxygens (including phenoxy) is 1. The summed E-state index contributed by atoms with van der Waals surface area (Å²) in [6.07, 6.45) is 1.54. The Kier molecular flexibility index (Phi) is 7.58. The monoisotopic (exact) mass is 527 g/mol. The molecule has 0 saturated carbocycles. The van der Waals surface area contributed by atoms with Crippen molar-refractivity contribution in [3.8, 4) is 5.88 Å². The number of nitrogens with one attached hydrogen (secondary N) is 2. The van der Waals surface area contributed by atoms with E-state index in [4.69, 9.17) is 4.74 Å². The van der Waals surface area contributed by atoms with Gasteiger partial charge in [0.2, 0.25) is 10.0 Å². The number of hydrogen-bond acceptors (Lipinski definition) is 8. The minimum atomic E-state index is -3.96. The Morgan fingerprint density at radius 1 is 1.19 bits per heavy atom. The van der Waals surface area contributed by atoms with Crippen molar-refractivity contribution < 1.29 is 23.1 Å². The van der Waals surface area contributed by atoms with Crippen LogP contribution in [0.2, 0.25) is 0 Å². The van der Waals surface area contributed by atoms with Crippen LogP contribution in [-0.4, -0.2) is 80.4 Å². The summed E-state index contributed by atoms with van der Waals surface area (Å²) in [5, 5.41) is 14.8. The van der Waals surface area contributed by atoms with Crippen LogP contribution in [0.3, 0.4) is 0 Å². The van der Waals surface area contributed by atoms with Crippen molar-refractivity contribution in [2.24, 2.45) is 4.99 Å². The van der Waals surface area contributed by atoms with E-state index < -0.39 is 28.1 Å². The molecule has 2 aromatic carbocycles. The second kappa shape index (κ2) is 10.5. The molecule has 198 valence electrons. The predicted octanol–water partition coefficient (Wildman–Crippen LogP) is 3.00. The smallest absolute Gasteiger partial charge is 0.321 e.